The normalized spacial score (nSPS) is 11.6. The molecule has 0 aliphatic carbocycles. The summed E-state index contributed by atoms with van der Waals surface area (Å²) in [6, 6.07) is 19.8. The lowest BCUT2D eigenvalue weighted by molar-refractivity contribution is -0.137. The van der Waals surface area contributed by atoms with E-state index in [-0.39, 0.29) is 0 Å². The van der Waals surface area contributed by atoms with Crippen LogP contribution in [0.1, 0.15) is 27.8 Å². The quantitative estimate of drug-likeness (QED) is 0.558. The monoisotopic (exact) mass is 383 g/mol. The molecule has 1 nitrogen and oxygen atoms in total. The van der Waals surface area contributed by atoms with Gasteiger partial charge >= 0.3 is 6.18 Å². The highest BCUT2D eigenvalue weighted by molar-refractivity contribution is 5.65. The first-order chi connectivity index (χ1) is 13.4. The second-order valence-electron chi connectivity index (χ2n) is 7.02. The van der Waals surface area contributed by atoms with Crippen molar-refractivity contribution in [2.24, 2.45) is 5.73 Å². The third-order valence-electron chi connectivity index (χ3n) is 5.08. The van der Waals surface area contributed by atoms with E-state index >= 15 is 0 Å². The lowest BCUT2D eigenvalue weighted by Gasteiger charge is -2.12. The number of nitrogens with two attached hydrogens (primary N) is 1. The Morgan fingerprint density at radius 2 is 1.29 bits per heavy atom. The maximum absolute atomic E-state index is 12.7. The molecule has 3 rings (SSSR count). The molecule has 0 atom stereocenters. The molecule has 3 aromatic rings. The van der Waals surface area contributed by atoms with Crippen LogP contribution in [-0.4, -0.2) is 6.54 Å². The van der Waals surface area contributed by atoms with Crippen molar-refractivity contribution in [1.29, 1.82) is 0 Å². The number of hydrogen-bond donors (Lipinski definition) is 1. The number of hydrogen-bond acceptors (Lipinski definition) is 1. The average molecular weight is 383 g/mol. The Balaban J connectivity index is 1.74. The molecule has 0 saturated heterocycles. The molecule has 0 saturated carbocycles. The van der Waals surface area contributed by atoms with E-state index in [2.05, 4.69) is 31.2 Å². The molecule has 0 radical (unpaired) electrons. The van der Waals surface area contributed by atoms with Gasteiger partial charge in [0.25, 0.3) is 0 Å². The Morgan fingerprint density at radius 3 is 1.86 bits per heavy atom. The van der Waals surface area contributed by atoms with Gasteiger partial charge in [0.05, 0.1) is 5.56 Å². The first-order valence-electron chi connectivity index (χ1n) is 9.42. The van der Waals surface area contributed by atoms with Gasteiger partial charge in [-0.2, -0.15) is 13.2 Å². The van der Waals surface area contributed by atoms with E-state index in [4.69, 9.17) is 5.73 Å². The second-order valence-corrected chi connectivity index (χ2v) is 7.02. The fraction of sp³-hybridized carbons (Fsp3) is 0.250. The van der Waals surface area contributed by atoms with Gasteiger partial charge in [0.1, 0.15) is 0 Å². The number of halogens is 3. The third-order valence-corrected chi connectivity index (χ3v) is 5.08. The Bertz CT molecular complexity index is 927. The summed E-state index contributed by atoms with van der Waals surface area (Å²) in [5.41, 5.74) is 11.8. The zero-order valence-electron chi connectivity index (χ0n) is 15.9. The summed E-state index contributed by atoms with van der Waals surface area (Å²) in [4.78, 5) is 0. The molecule has 28 heavy (non-hydrogen) atoms. The van der Waals surface area contributed by atoms with E-state index in [9.17, 15) is 13.2 Å². The van der Waals surface area contributed by atoms with Crippen molar-refractivity contribution >= 4 is 0 Å². The van der Waals surface area contributed by atoms with Gasteiger partial charge in [0, 0.05) is 0 Å². The third kappa shape index (κ3) is 4.82. The van der Waals surface area contributed by atoms with Crippen molar-refractivity contribution in [3.8, 4) is 11.1 Å². The lowest BCUT2D eigenvalue weighted by atomic mass is 9.94. The van der Waals surface area contributed by atoms with Gasteiger partial charge in [-0.05, 0) is 78.2 Å². The molecule has 0 bridgehead atoms. The van der Waals surface area contributed by atoms with Crippen LogP contribution < -0.4 is 5.73 Å². The summed E-state index contributed by atoms with van der Waals surface area (Å²) < 4.78 is 38.2. The molecule has 0 unspecified atom stereocenters. The topological polar surface area (TPSA) is 26.0 Å². The fourth-order valence-corrected chi connectivity index (χ4v) is 3.48. The molecule has 0 fully saturated rings. The van der Waals surface area contributed by atoms with E-state index in [1.165, 1.54) is 28.8 Å². The van der Waals surface area contributed by atoms with E-state index in [0.717, 1.165) is 48.1 Å². The highest BCUT2D eigenvalue weighted by atomic mass is 19.4. The Morgan fingerprint density at radius 1 is 0.714 bits per heavy atom. The average Bonchev–Trinajstić information content (AvgIpc) is 2.68. The van der Waals surface area contributed by atoms with Crippen molar-refractivity contribution in [3.05, 3.63) is 94.5 Å². The highest BCUT2D eigenvalue weighted by Gasteiger charge is 2.29. The minimum atomic E-state index is -4.31. The molecule has 0 heterocycles. The van der Waals surface area contributed by atoms with Crippen molar-refractivity contribution in [2.75, 3.05) is 6.54 Å². The van der Waals surface area contributed by atoms with Crippen molar-refractivity contribution in [3.63, 3.8) is 0 Å². The summed E-state index contributed by atoms with van der Waals surface area (Å²) in [5, 5.41) is 0. The smallest absolute Gasteiger partial charge is 0.330 e. The van der Waals surface area contributed by atoms with Crippen LogP contribution in [0.25, 0.3) is 11.1 Å². The summed E-state index contributed by atoms with van der Waals surface area (Å²) >= 11 is 0. The van der Waals surface area contributed by atoms with Gasteiger partial charge in [-0.25, -0.2) is 0 Å². The molecular formula is C24H24F3N. The molecular weight excluding hydrogens is 359 g/mol. The van der Waals surface area contributed by atoms with Gasteiger partial charge in [-0.15, -0.1) is 0 Å². The molecule has 2 N–H and O–H groups in total. The largest absolute Gasteiger partial charge is 0.416 e. The summed E-state index contributed by atoms with van der Waals surface area (Å²) in [6.07, 6.45) is -1.57. The number of rotatable bonds is 6. The molecule has 3 aromatic carbocycles. The SMILES string of the molecule is Cc1cc(-c2ccc(C(F)(F)F)cc2)ccc1CCc1ccccc1CCN. The molecule has 0 aliphatic heterocycles. The van der Waals surface area contributed by atoms with Gasteiger partial charge in [-0.1, -0.05) is 54.6 Å². The van der Waals surface area contributed by atoms with Gasteiger partial charge < -0.3 is 5.73 Å². The summed E-state index contributed by atoms with van der Waals surface area (Å²) in [6.45, 7) is 2.69. The highest BCUT2D eigenvalue weighted by Crippen LogP contribution is 2.31. The zero-order chi connectivity index (χ0) is 20.1. The first kappa shape index (κ1) is 20.2. The first-order valence-corrected chi connectivity index (χ1v) is 9.42. The zero-order valence-corrected chi connectivity index (χ0v) is 15.9. The van der Waals surface area contributed by atoms with Crippen LogP contribution in [0.4, 0.5) is 13.2 Å². The Hall–Kier alpha value is -2.59. The second kappa shape index (κ2) is 8.61. The van der Waals surface area contributed by atoms with E-state index < -0.39 is 11.7 Å². The van der Waals surface area contributed by atoms with E-state index in [1.807, 2.05) is 18.2 Å². The molecule has 0 amide bonds. The van der Waals surface area contributed by atoms with Crippen LogP contribution >= 0.6 is 0 Å². The Labute approximate surface area is 164 Å². The predicted octanol–water partition coefficient (Wildman–Crippen LogP) is 5.97. The van der Waals surface area contributed by atoms with E-state index in [0.29, 0.717) is 6.54 Å². The summed E-state index contributed by atoms with van der Waals surface area (Å²) in [5.74, 6) is 0. The lowest BCUT2D eigenvalue weighted by Crippen LogP contribution is -2.06. The van der Waals surface area contributed by atoms with Crippen molar-refractivity contribution < 1.29 is 13.2 Å². The molecule has 0 aromatic heterocycles. The predicted molar refractivity (Wildman–Crippen MR) is 108 cm³/mol. The van der Waals surface area contributed by atoms with Crippen LogP contribution in [0, 0.1) is 6.92 Å². The van der Waals surface area contributed by atoms with Crippen LogP contribution in [0.15, 0.2) is 66.7 Å². The molecule has 0 aliphatic rings. The minimum Gasteiger partial charge on any atom is -0.330 e. The van der Waals surface area contributed by atoms with Gasteiger partial charge in [0.2, 0.25) is 0 Å². The van der Waals surface area contributed by atoms with Crippen LogP contribution in [0.5, 0.6) is 0 Å². The maximum atomic E-state index is 12.7. The maximum Gasteiger partial charge on any atom is 0.416 e. The minimum absolute atomic E-state index is 0.624. The van der Waals surface area contributed by atoms with E-state index in [1.54, 1.807) is 0 Å². The number of alkyl halides is 3. The van der Waals surface area contributed by atoms with Crippen molar-refractivity contribution in [2.45, 2.75) is 32.4 Å². The van der Waals surface area contributed by atoms with Gasteiger partial charge in [-0.3, -0.25) is 0 Å². The van der Waals surface area contributed by atoms with Crippen LogP contribution in [0.2, 0.25) is 0 Å². The Kier molecular flexibility index (Phi) is 6.20. The molecule has 146 valence electrons. The number of aryl methyl sites for hydroxylation is 3. The molecule has 0 spiro atoms. The standard InChI is InChI=1S/C24H24F3N/c1-17-16-22(21-10-12-23(13-11-21)24(25,26)27)9-7-18(17)6-8-19-4-2-3-5-20(19)14-15-28/h2-5,7,9-13,16H,6,8,14-15,28H2,1H3. The van der Waals surface area contributed by atoms with Crippen LogP contribution in [-0.2, 0) is 25.4 Å². The summed E-state index contributed by atoms with van der Waals surface area (Å²) in [7, 11) is 0. The fourth-order valence-electron chi connectivity index (χ4n) is 3.48. The number of benzene rings is 3. The van der Waals surface area contributed by atoms with Crippen molar-refractivity contribution in [1.82, 2.24) is 0 Å². The van der Waals surface area contributed by atoms with Gasteiger partial charge in [0.15, 0.2) is 0 Å². The van der Waals surface area contributed by atoms with Crippen LogP contribution in [0.3, 0.4) is 0 Å². The molecule has 4 heteroatoms.